The van der Waals surface area contributed by atoms with Crippen LogP contribution in [0.2, 0.25) is 0 Å². The summed E-state index contributed by atoms with van der Waals surface area (Å²) in [5.41, 5.74) is 6.47. The highest BCUT2D eigenvalue weighted by molar-refractivity contribution is 7.15. The smallest absolute Gasteiger partial charge is 0.227 e. The number of amides is 2. The number of aromatic nitrogens is 2. The van der Waals surface area contributed by atoms with Crippen LogP contribution in [-0.4, -0.2) is 44.7 Å². The fourth-order valence-corrected chi connectivity index (χ4v) is 7.72. The monoisotopic (exact) mass is 714 g/mol. The topological polar surface area (TPSA) is 66.4 Å². The molecule has 0 bridgehead atoms. The van der Waals surface area contributed by atoms with Gasteiger partial charge in [-0.2, -0.15) is 0 Å². The van der Waals surface area contributed by atoms with Crippen molar-refractivity contribution in [2.24, 2.45) is 0 Å². The van der Waals surface area contributed by atoms with Crippen LogP contribution in [0.25, 0.3) is 32.0 Å². The Hall–Kier alpha value is -4.92. The Kier molecular flexibility index (Phi) is 13.8. The summed E-state index contributed by atoms with van der Waals surface area (Å²) in [6.45, 7) is 12.3. The molecule has 51 heavy (non-hydrogen) atoms. The van der Waals surface area contributed by atoms with E-state index in [4.69, 9.17) is 0 Å². The van der Waals surface area contributed by atoms with E-state index >= 15 is 0 Å². The molecule has 8 heteroatoms. The van der Waals surface area contributed by atoms with Crippen molar-refractivity contribution in [2.75, 3.05) is 13.1 Å². The van der Waals surface area contributed by atoms with Gasteiger partial charge in [-0.25, -0.2) is 9.97 Å². The van der Waals surface area contributed by atoms with Crippen molar-refractivity contribution in [1.82, 2.24) is 19.8 Å². The number of nitrogens with zero attached hydrogens (tertiary/aromatic N) is 4. The average Bonchev–Trinajstić information content (AvgIpc) is 3.82. The molecule has 3 aromatic carbocycles. The average molecular weight is 715 g/mol. The molecule has 0 N–H and O–H groups in total. The Balaban J connectivity index is 1.20. The number of carbonyl (C=O) groups is 2. The van der Waals surface area contributed by atoms with E-state index in [9.17, 15) is 9.59 Å². The number of hydrogen-bond donors (Lipinski definition) is 0. The zero-order valence-corrected chi connectivity index (χ0v) is 31.4. The van der Waals surface area contributed by atoms with Gasteiger partial charge in [-0.15, -0.1) is 22.7 Å². The van der Waals surface area contributed by atoms with Gasteiger partial charge in [-0.1, -0.05) is 124 Å². The molecular formula is C43H46N4O2S2. The zero-order chi connectivity index (χ0) is 36.0. The van der Waals surface area contributed by atoms with Gasteiger partial charge >= 0.3 is 0 Å². The second-order valence-electron chi connectivity index (χ2n) is 12.3. The molecule has 0 aliphatic heterocycles. The normalized spacial score (nSPS) is 11.5. The molecule has 262 valence electrons. The highest BCUT2D eigenvalue weighted by atomic mass is 32.1. The maximum absolute atomic E-state index is 13.2. The van der Waals surface area contributed by atoms with Gasteiger partial charge in [0.05, 0.1) is 35.7 Å². The van der Waals surface area contributed by atoms with Crippen molar-refractivity contribution < 1.29 is 9.59 Å². The first-order chi connectivity index (χ1) is 24.9. The van der Waals surface area contributed by atoms with Crippen molar-refractivity contribution in [3.8, 4) is 32.0 Å². The first-order valence-corrected chi connectivity index (χ1v) is 19.2. The van der Waals surface area contributed by atoms with E-state index in [0.29, 0.717) is 39.0 Å². The maximum Gasteiger partial charge on any atom is 0.227 e. The van der Waals surface area contributed by atoms with Crippen LogP contribution >= 0.6 is 22.7 Å². The Morgan fingerprint density at radius 3 is 1.67 bits per heavy atom. The van der Waals surface area contributed by atoms with Crippen LogP contribution in [-0.2, 0) is 29.1 Å². The van der Waals surface area contributed by atoms with Gasteiger partial charge in [0.25, 0.3) is 0 Å². The van der Waals surface area contributed by atoms with Gasteiger partial charge in [0.1, 0.15) is 10.0 Å². The summed E-state index contributed by atoms with van der Waals surface area (Å²) in [5.74, 6) is 0.221. The van der Waals surface area contributed by atoms with Crippen molar-refractivity contribution in [3.63, 3.8) is 0 Å². The standard InChI is InChI=1S/C43H46N4O2S2/c1-5-12-32(13-6-2)26-42(48)46(24-7-3)30-40-44-28-38(50-40)36-20-16-34(17-21-36)35-18-22-37(23-19-35)39-29-45-41(51-39)31-47(25-8-4)43(49)27-33-14-10-9-11-15-33/h5-6,9-23,28-29H,1,7-8,24-27,30-31H2,2-4H3/b13-6-,32-12+. The van der Waals surface area contributed by atoms with Crippen molar-refractivity contribution >= 4 is 34.5 Å². The van der Waals surface area contributed by atoms with Gasteiger partial charge < -0.3 is 9.80 Å². The molecule has 0 saturated heterocycles. The Bertz CT molecular complexity index is 1940. The zero-order valence-electron chi connectivity index (χ0n) is 29.8. The van der Waals surface area contributed by atoms with E-state index in [2.05, 4.69) is 78.9 Å². The summed E-state index contributed by atoms with van der Waals surface area (Å²) in [6, 6.07) is 27.0. The minimum Gasteiger partial charge on any atom is -0.336 e. The predicted molar refractivity (Wildman–Crippen MR) is 213 cm³/mol. The third kappa shape index (κ3) is 10.5. The van der Waals surface area contributed by atoms with E-state index in [1.165, 1.54) is 0 Å². The Labute approximate surface area is 310 Å². The van der Waals surface area contributed by atoms with Gasteiger partial charge in [0, 0.05) is 25.5 Å². The lowest BCUT2D eigenvalue weighted by molar-refractivity contribution is -0.131. The number of thiazole rings is 2. The van der Waals surface area contributed by atoms with Crippen LogP contribution in [0.1, 0.15) is 55.6 Å². The van der Waals surface area contributed by atoms with Crippen molar-refractivity contribution in [2.45, 2.75) is 59.5 Å². The molecule has 5 aromatic rings. The molecule has 0 saturated carbocycles. The summed E-state index contributed by atoms with van der Waals surface area (Å²) in [6.07, 6.45) is 13.9. The molecule has 2 aromatic heterocycles. The van der Waals surface area contributed by atoms with E-state index < -0.39 is 0 Å². The molecule has 5 rings (SSSR count). The minimum absolute atomic E-state index is 0.0931. The third-order valence-electron chi connectivity index (χ3n) is 8.39. The van der Waals surface area contributed by atoms with Gasteiger partial charge in [-0.3, -0.25) is 9.59 Å². The fraction of sp³-hybridized carbons (Fsp3) is 0.256. The summed E-state index contributed by atoms with van der Waals surface area (Å²) < 4.78 is 0. The highest BCUT2D eigenvalue weighted by Gasteiger charge is 2.18. The van der Waals surface area contributed by atoms with Crippen LogP contribution in [0.3, 0.4) is 0 Å². The molecule has 0 spiro atoms. The second-order valence-corrected chi connectivity index (χ2v) is 14.6. The minimum atomic E-state index is 0.0931. The van der Waals surface area contributed by atoms with Gasteiger partial charge in [-0.05, 0) is 53.2 Å². The van der Waals surface area contributed by atoms with Crippen LogP contribution in [0.5, 0.6) is 0 Å². The molecule has 0 aliphatic rings. The fourth-order valence-electron chi connectivity index (χ4n) is 5.85. The van der Waals surface area contributed by atoms with Crippen LogP contribution in [0.15, 0.2) is 128 Å². The molecule has 0 aliphatic carbocycles. The number of benzene rings is 3. The third-order valence-corrected chi connectivity index (χ3v) is 10.5. The molecule has 0 fully saturated rings. The molecule has 2 amide bonds. The van der Waals surface area contributed by atoms with Gasteiger partial charge in [0.15, 0.2) is 0 Å². The second kappa shape index (κ2) is 18.9. The number of allylic oxidation sites excluding steroid dienone is 4. The van der Waals surface area contributed by atoms with E-state index in [0.717, 1.165) is 66.0 Å². The maximum atomic E-state index is 13.2. The predicted octanol–water partition coefficient (Wildman–Crippen LogP) is 10.4. The molecule has 6 nitrogen and oxygen atoms in total. The lowest BCUT2D eigenvalue weighted by Gasteiger charge is -2.21. The van der Waals surface area contributed by atoms with E-state index in [1.54, 1.807) is 28.7 Å². The summed E-state index contributed by atoms with van der Waals surface area (Å²) in [7, 11) is 0. The molecule has 0 radical (unpaired) electrons. The molecule has 2 heterocycles. The SMILES string of the molecule is C=C/C=C(\C=C/C)CC(=O)N(CCC)Cc1ncc(-c2ccc(-c3ccc(-c4cnc(CN(CCC)C(=O)Cc5ccccc5)s4)cc3)cc2)s1. The van der Waals surface area contributed by atoms with Crippen molar-refractivity contribution in [3.05, 3.63) is 143 Å². The van der Waals surface area contributed by atoms with Crippen LogP contribution < -0.4 is 0 Å². The van der Waals surface area contributed by atoms with E-state index in [1.807, 2.05) is 77.7 Å². The van der Waals surface area contributed by atoms with Crippen molar-refractivity contribution in [1.29, 1.82) is 0 Å². The highest BCUT2D eigenvalue weighted by Crippen LogP contribution is 2.32. The largest absolute Gasteiger partial charge is 0.336 e. The molecule has 0 atom stereocenters. The first-order valence-electron chi connectivity index (χ1n) is 17.5. The number of rotatable bonds is 17. The van der Waals surface area contributed by atoms with Gasteiger partial charge in [0.2, 0.25) is 11.8 Å². The molecular weight excluding hydrogens is 669 g/mol. The lowest BCUT2D eigenvalue weighted by atomic mass is 10.0. The lowest BCUT2D eigenvalue weighted by Crippen LogP contribution is -2.32. The summed E-state index contributed by atoms with van der Waals surface area (Å²) in [4.78, 5) is 41.6. The Morgan fingerprint density at radius 1 is 0.706 bits per heavy atom. The summed E-state index contributed by atoms with van der Waals surface area (Å²) >= 11 is 3.27. The number of hydrogen-bond acceptors (Lipinski definition) is 6. The van der Waals surface area contributed by atoms with Crippen LogP contribution in [0, 0.1) is 0 Å². The summed E-state index contributed by atoms with van der Waals surface area (Å²) in [5, 5.41) is 1.87. The van der Waals surface area contributed by atoms with Crippen LogP contribution in [0.4, 0.5) is 0 Å². The van der Waals surface area contributed by atoms with E-state index in [-0.39, 0.29) is 11.8 Å². The first kappa shape index (κ1) is 37.3. The molecule has 0 unspecified atom stereocenters. The Morgan fingerprint density at radius 2 is 1.20 bits per heavy atom. The number of carbonyl (C=O) groups excluding carboxylic acids is 2. The quantitative estimate of drug-likeness (QED) is 0.0900.